The number of nitrogens with one attached hydrogen (secondary N) is 1. The highest BCUT2D eigenvalue weighted by Crippen LogP contribution is 2.21. The Morgan fingerprint density at radius 1 is 1.14 bits per heavy atom. The summed E-state index contributed by atoms with van der Waals surface area (Å²) in [6.07, 6.45) is 4.48. The SMILES string of the molecule is COc1cc(/C=N/NC(=O)c2nccnc2C)cc(OC)c1. The molecular weight excluding hydrogens is 284 g/mol. The number of amides is 1. The molecule has 0 bridgehead atoms. The number of hydrogen-bond acceptors (Lipinski definition) is 6. The Balaban J connectivity index is 2.09. The van der Waals surface area contributed by atoms with E-state index in [1.807, 2.05) is 0 Å². The molecule has 0 aliphatic rings. The Labute approximate surface area is 128 Å². The van der Waals surface area contributed by atoms with Gasteiger partial charge in [-0.3, -0.25) is 9.78 Å². The van der Waals surface area contributed by atoms with Crippen molar-refractivity contribution in [2.45, 2.75) is 6.92 Å². The van der Waals surface area contributed by atoms with Crippen LogP contribution in [0, 0.1) is 6.92 Å². The molecule has 0 fully saturated rings. The maximum atomic E-state index is 11.9. The molecule has 7 nitrogen and oxygen atoms in total. The molecule has 2 rings (SSSR count). The molecule has 1 heterocycles. The molecule has 2 aromatic rings. The third-order valence-corrected chi connectivity index (χ3v) is 2.85. The van der Waals surface area contributed by atoms with E-state index in [1.165, 1.54) is 18.6 Å². The highest BCUT2D eigenvalue weighted by atomic mass is 16.5. The quantitative estimate of drug-likeness (QED) is 0.669. The summed E-state index contributed by atoms with van der Waals surface area (Å²) >= 11 is 0. The van der Waals surface area contributed by atoms with Crippen LogP contribution in [0.2, 0.25) is 0 Å². The number of hydrogen-bond donors (Lipinski definition) is 1. The maximum absolute atomic E-state index is 11.9. The Kier molecular flexibility index (Phi) is 5.02. The molecule has 1 aromatic carbocycles. The molecule has 0 aliphatic heterocycles. The molecule has 7 heteroatoms. The minimum atomic E-state index is -0.420. The number of rotatable bonds is 5. The molecule has 0 spiro atoms. The fourth-order valence-corrected chi connectivity index (χ4v) is 1.75. The van der Waals surface area contributed by atoms with Crippen LogP contribution in [0.4, 0.5) is 0 Å². The van der Waals surface area contributed by atoms with Crippen LogP contribution in [0.5, 0.6) is 11.5 Å². The van der Waals surface area contributed by atoms with E-state index in [0.717, 1.165) is 5.56 Å². The molecule has 0 saturated carbocycles. The molecule has 0 atom stereocenters. The Morgan fingerprint density at radius 3 is 2.36 bits per heavy atom. The second kappa shape index (κ2) is 7.16. The predicted octanol–water partition coefficient (Wildman–Crippen LogP) is 1.57. The van der Waals surface area contributed by atoms with Gasteiger partial charge in [-0.2, -0.15) is 5.10 Å². The summed E-state index contributed by atoms with van der Waals surface area (Å²) in [6.45, 7) is 1.71. The zero-order chi connectivity index (χ0) is 15.9. The molecule has 0 aliphatic carbocycles. The lowest BCUT2D eigenvalue weighted by Gasteiger charge is -2.05. The van der Waals surface area contributed by atoms with Crippen molar-refractivity contribution in [2.24, 2.45) is 5.10 Å². The van der Waals surface area contributed by atoms with Crippen molar-refractivity contribution in [2.75, 3.05) is 14.2 Å². The fourth-order valence-electron chi connectivity index (χ4n) is 1.75. The largest absolute Gasteiger partial charge is 0.497 e. The minimum absolute atomic E-state index is 0.239. The van der Waals surface area contributed by atoms with Gasteiger partial charge in [-0.25, -0.2) is 10.4 Å². The first kappa shape index (κ1) is 15.4. The number of hydrazone groups is 1. The van der Waals surface area contributed by atoms with Crippen LogP contribution >= 0.6 is 0 Å². The van der Waals surface area contributed by atoms with Crippen molar-refractivity contribution < 1.29 is 14.3 Å². The Hall–Kier alpha value is -2.96. The number of benzene rings is 1. The van der Waals surface area contributed by atoms with Crippen LogP contribution in [0.25, 0.3) is 0 Å². The van der Waals surface area contributed by atoms with E-state index < -0.39 is 5.91 Å². The molecule has 114 valence electrons. The first-order valence-corrected chi connectivity index (χ1v) is 6.48. The van der Waals surface area contributed by atoms with Gasteiger partial charge in [0.15, 0.2) is 5.69 Å². The monoisotopic (exact) mass is 300 g/mol. The molecule has 1 amide bonds. The summed E-state index contributed by atoms with van der Waals surface area (Å²) in [4.78, 5) is 19.9. The van der Waals surface area contributed by atoms with Crippen molar-refractivity contribution in [3.8, 4) is 11.5 Å². The standard InChI is InChI=1S/C15H16N4O3/c1-10-14(17-5-4-16-10)15(20)19-18-9-11-6-12(21-2)8-13(7-11)22-3/h4-9H,1-3H3,(H,19,20)/b18-9+. The van der Waals surface area contributed by atoms with E-state index in [4.69, 9.17) is 9.47 Å². The van der Waals surface area contributed by atoms with Crippen molar-refractivity contribution in [1.82, 2.24) is 15.4 Å². The van der Waals surface area contributed by atoms with Crippen LogP contribution in [0.15, 0.2) is 35.7 Å². The lowest BCUT2D eigenvalue weighted by molar-refractivity contribution is 0.0949. The van der Waals surface area contributed by atoms with Gasteiger partial charge in [0.05, 0.1) is 26.1 Å². The van der Waals surface area contributed by atoms with E-state index >= 15 is 0 Å². The van der Waals surface area contributed by atoms with E-state index in [1.54, 1.807) is 39.3 Å². The van der Waals surface area contributed by atoms with Gasteiger partial charge in [0.1, 0.15) is 11.5 Å². The number of aromatic nitrogens is 2. The summed E-state index contributed by atoms with van der Waals surface area (Å²) < 4.78 is 10.3. The van der Waals surface area contributed by atoms with E-state index in [-0.39, 0.29) is 5.69 Å². The summed E-state index contributed by atoms with van der Waals surface area (Å²) in [6, 6.07) is 5.29. The van der Waals surface area contributed by atoms with Crippen LogP contribution in [-0.4, -0.2) is 36.3 Å². The second-order valence-corrected chi connectivity index (χ2v) is 4.34. The third kappa shape index (κ3) is 3.78. The van der Waals surface area contributed by atoms with Gasteiger partial charge < -0.3 is 9.47 Å². The topological polar surface area (TPSA) is 85.7 Å². The maximum Gasteiger partial charge on any atom is 0.291 e. The van der Waals surface area contributed by atoms with Gasteiger partial charge in [0.2, 0.25) is 0 Å². The van der Waals surface area contributed by atoms with Crippen molar-refractivity contribution in [3.05, 3.63) is 47.5 Å². The van der Waals surface area contributed by atoms with Gasteiger partial charge >= 0.3 is 0 Å². The molecule has 0 unspecified atom stereocenters. The average molecular weight is 300 g/mol. The number of aryl methyl sites for hydroxylation is 1. The van der Waals surface area contributed by atoms with Crippen LogP contribution in [0.3, 0.4) is 0 Å². The second-order valence-electron chi connectivity index (χ2n) is 4.34. The highest BCUT2D eigenvalue weighted by Gasteiger charge is 2.09. The van der Waals surface area contributed by atoms with Gasteiger partial charge in [-0.05, 0) is 19.1 Å². The van der Waals surface area contributed by atoms with Crippen LogP contribution in [-0.2, 0) is 0 Å². The molecular formula is C15H16N4O3. The van der Waals surface area contributed by atoms with Gasteiger partial charge in [-0.1, -0.05) is 0 Å². The highest BCUT2D eigenvalue weighted by molar-refractivity contribution is 5.94. The summed E-state index contributed by atoms with van der Waals surface area (Å²) in [5, 5.41) is 3.91. The number of nitrogens with zero attached hydrogens (tertiary/aromatic N) is 3. The first-order chi connectivity index (χ1) is 10.6. The Morgan fingerprint density at radius 2 is 1.77 bits per heavy atom. The lowest BCUT2D eigenvalue weighted by Crippen LogP contribution is -2.20. The summed E-state index contributed by atoms with van der Waals surface area (Å²) in [5.74, 6) is 0.852. The third-order valence-electron chi connectivity index (χ3n) is 2.85. The predicted molar refractivity (Wildman–Crippen MR) is 81.4 cm³/mol. The lowest BCUT2D eigenvalue weighted by atomic mass is 10.2. The fraction of sp³-hybridized carbons (Fsp3) is 0.200. The van der Waals surface area contributed by atoms with Crippen LogP contribution < -0.4 is 14.9 Å². The zero-order valence-corrected chi connectivity index (χ0v) is 12.5. The number of carbonyl (C=O) groups excluding carboxylic acids is 1. The van der Waals surface area contributed by atoms with Crippen LogP contribution in [0.1, 0.15) is 21.7 Å². The van der Waals surface area contributed by atoms with Gasteiger partial charge in [-0.15, -0.1) is 0 Å². The molecule has 22 heavy (non-hydrogen) atoms. The summed E-state index contributed by atoms with van der Waals surface area (Å²) in [5.41, 5.74) is 3.92. The van der Waals surface area contributed by atoms with Gasteiger partial charge in [0, 0.05) is 24.0 Å². The molecule has 1 aromatic heterocycles. The number of carbonyl (C=O) groups is 1. The van der Waals surface area contributed by atoms with Crippen molar-refractivity contribution in [3.63, 3.8) is 0 Å². The van der Waals surface area contributed by atoms with E-state index in [0.29, 0.717) is 17.2 Å². The smallest absolute Gasteiger partial charge is 0.291 e. The van der Waals surface area contributed by atoms with Crippen molar-refractivity contribution >= 4 is 12.1 Å². The number of methoxy groups -OCH3 is 2. The summed E-state index contributed by atoms with van der Waals surface area (Å²) in [7, 11) is 3.13. The zero-order valence-electron chi connectivity index (χ0n) is 12.5. The molecule has 0 saturated heterocycles. The normalized spacial score (nSPS) is 10.5. The first-order valence-electron chi connectivity index (χ1n) is 6.48. The average Bonchev–Trinajstić information content (AvgIpc) is 2.54. The Bertz CT molecular complexity index is 679. The molecule has 0 radical (unpaired) electrons. The van der Waals surface area contributed by atoms with Gasteiger partial charge in [0.25, 0.3) is 5.91 Å². The van der Waals surface area contributed by atoms with E-state index in [2.05, 4.69) is 20.5 Å². The molecule has 1 N–H and O–H groups in total. The minimum Gasteiger partial charge on any atom is -0.497 e. The van der Waals surface area contributed by atoms with Crippen molar-refractivity contribution in [1.29, 1.82) is 0 Å². The number of ether oxygens (including phenoxy) is 2. The van der Waals surface area contributed by atoms with E-state index in [9.17, 15) is 4.79 Å².